The summed E-state index contributed by atoms with van der Waals surface area (Å²) in [5.41, 5.74) is -0.257. The number of sulfonamides is 1. The number of halogens is 2. The van der Waals surface area contributed by atoms with Gasteiger partial charge in [0.1, 0.15) is 10.7 Å². The van der Waals surface area contributed by atoms with Gasteiger partial charge in [0, 0.05) is 0 Å². The normalized spacial score (nSPS) is 11.8. The second kappa shape index (κ2) is 11.2. The van der Waals surface area contributed by atoms with Crippen LogP contribution in [0.3, 0.4) is 0 Å². The third kappa shape index (κ3) is 6.47. The number of esters is 1. The van der Waals surface area contributed by atoms with Crippen LogP contribution in [0.15, 0.2) is 29.2 Å². The number of carbonyl (C=O) groups excluding carboxylic acids is 2. The summed E-state index contributed by atoms with van der Waals surface area (Å²) in [7, 11) is -1.05. The maximum Gasteiger partial charge on any atom is 0.405 e. The van der Waals surface area contributed by atoms with E-state index in [-0.39, 0.29) is 23.3 Å². The summed E-state index contributed by atoms with van der Waals surface area (Å²) in [6.07, 6.45) is 0. The minimum atomic E-state index is -4.52. The molecule has 16 heteroatoms. The Labute approximate surface area is 198 Å². The van der Waals surface area contributed by atoms with Crippen LogP contribution in [0, 0.1) is 6.92 Å². The summed E-state index contributed by atoms with van der Waals surface area (Å²) in [6, 6.07) is 5.16. The van der Waals surface area contributed by atoms with Crippen LogP contribution in [0.25, 0.3) is 0 Å². The molecule has 1 aromatic carbocycles. The number of amides is 1. The van der Waals surface area contributed by atoms with Gasteiger partial charge in [0.25, 0.3) is 5.95 Å². The number of aromatic nitrogens is 3. The molecule has 13 nitrogen and oxygen atoms in total. The molecule has 0 saturated carbocycles. The van der Waals surface area contributed by atoms with Gasteiger partial charge in [0.05, 0.1) is 26.9 Å². The minimum absolute atomic E-state index is 0.0916. The van der Waals surface area contributed by atoms with Gasteiger partial charge < -0.3 is 9.47 Å². The third-order valence-electron chi connectivity index (χ3n) is 3.72. The quantitative estimate of drug-likeness (QED) is 0.157. The van der Waals surface area contributed by atoms with E-state index in [2.05, 4.69) is 29.4 Å². The Morgan fingerprint density at radius 2 is 1.79 bits per heavy atom. The lowest BCUT2D eigenvalue weighted by atomic mass is 10.2. The van der Waals surface area contributed by atoms with E-state index >= 15 is 0 Å². The largest absolute Gasteiger partial charge is 0.467 e. The number of anilines is 1. The summed E-state index contributed by atoms with van der Waals surface area (Å²) >= 11 is 11.3. The van der Waals surface area contributed by atoms with Gasteiger partial charge in [-0.05, 0) is 19.1 Å². The van der Waals surface area contributed by atoms with Gasteiger partial charge >= 0.3 is 33.9 Å². The highest BCUT2D eigenvalue weighted by Gasteiger charge is 2.36. The van der Waals surface area contributed by atoms with E-state index in [0.29, 0.717) is 5.06 Å². The molecule has 0 fully saturated rings. The van der Waals surface area contributed by atoms with Crippen LogP contribution in [0.4, 0.5) is 5.95 Å². The van der Waals surface area contributed by atoms with Gasteiger partial charge in [0.2, 0.25) is 4.84 Å². The lowest BCUT2D eigenvalue weighted by Gasteiger charge is -2.15. The second-order valence-electron chi connectivity index (χ2n) is 5.88. The van der Waals surface area contributed by atoms with Crippen LogP contribution >= 0.6 is 23.2 Å². The number of rotatable bonds is 7. The summed E-state index contributed by atoms with van der Waals surface area (Å²) < 4.78 is 38.0. The van der Waals surface area contributed by atoms with Crippen molar-refractivity contribution < 1.29 is 36.7 Å². The number of hydrogen-bond donors (Lipinski definition) is 2. The summed E-state index contributed by atoms with van der Waals surface area (Å²) in [6.45, 7) is 1.53. The molecular weight excluding hydrogens is 503 g/mol. The summed E-state index contributed by atoms with van der Waals surface area (Å²) in [4.78, 5) is 39.2. The highest BCUT2D eigenvalue weighted by molar-refractivity contribution is 7.84. The molecule has 33 heavy (non-hydrogen) atoms. The molecule has 0 bridgehead atoms. The molecular formula is C17H19Cl2N6O7S+. The van der Waals surface area contributed by atoms with Gasteiger partial charge in [-0.15, -0.1) is 4.98 Å². The van der Waals surface area contributed by atoms with Gasteiger partial charge in [0.15, 0.2) is 0 Å². The Morgan fingerprint density at radius 1 is 1.12 bits per heavy atom. The van der Waals surface area contributed by atoms with E-state index in [1.165, 1.54) is 32.2 Å². The first-order chi connectivity index (χ1) is 15.5. The number of alkyl halides is 2. The Kier molecular flexibility index (Phi) is 8.87. The predicted octanol–water partition coefficient (Wildman–Crippen LogP) is -0.594. The topological polar surface area (TPSA) is 164 Å². The fourth-order valence-electron chi connectivity index (χ4n) is 2.37. The van der Waals surface area contributed by atoms with E-state index in [1.54, 1.807) is 0 Å². The van der Waals surface area contributed by atoms with Crippen LogP contribution < -0.4 is 14.5 Å². The van der Waals surface area contributed by atoms with Gasteiger partial charge in [-0.1, -0.05) is 40.4 Å². The molecule has 1 heterocycles. The molecule has 0 saturated heterocycles. The maximum atomic E-state index is 13.2. The molecule has 0 aliphatic rings. The number of aryl methyl sites for hydroxylation is 1. The number of ether oxygens (including phenoxy) is 2. The van der Waals surface area contributed by atoms with Crippen molar-refractivity contribution in [3.8, 4) is 6.01 Å². The van der Waals surface area contributed by atoms with Crippen LogP contribution in [0.5, 0.6) is 6.01 Å². The summed E-state index contributed by atoms with van der Waals surface area (Å²) in [5.74, 6) is -2.56. The number of hydroxylamine groups is 2. The first kappa shape index (κ1) is 26.2. The first-order valence-electron chi connectivity index (χ1n) is 8.81. The van der Waals surface area contributed by atoms with Crippen LogP contribution in [0.2, 0.25) is 0 Å². The smallest absolute Gasteiger partial charge is 0.405 e. The minimum Gasteiger partial charge on any atom is -0.467 e. The molecule has 0 aliphatic heterocycles. The predicted molar refractivity (Wildman–Crippen MR) is 115 cm³/mol. The van der Waals surface area contributed by atoms with E-state index in [1.807, 2.05) is 0 Å². The van der Waals surface area contributed by atoms with Crippen molar-refractivity contribution in [3.05, 3.63) is 35.7 Å². The van der Waals surface area contributed by atoms with E-state index < -0.39 is 37.6 Å². The van der Waals surface area contributed by atoms with Crippen LogP contribution in [0.1, 0.15) is 16.2 Å². The molecule has 0 aliphatic carbocycles. The number of guanidine groups is 1. The van der Waals surface area contributed by atoms with Gasteiger partial charge in [-0.3, -0.25) is 4.79 Å². The zero-order valence-corrected chi connectivity index (χ0v) is 20.0. The number of nitrogens with zero attached hydrogens (tertiary/aromatic N) is 4. The zero-order chi connectivity index (χ0) is 24.8. The number of methoxy groups -OCH3 is 2. The lowest BCUT2D eigenvalue weighted by molar-refractivity contribution is -0.289. The number of hydrogen-bond acceptors (Lipinski definition) is 10. The standard InChI is InChI=1S/C17H18Cl2N6O7S/c1-9-20-15(23-17(21-9)31-3)22-16(25(32-4)13(26)12(18)19)24-33(28,29)11-8-6-5-7-10(11)14(27)30-2/h5-8,12H,1-4H3,(H,20,21,22,23,24)/p+1. The van der Waals surface area contributed by atoms with Crippen molar-refractivity contribution in [1.29, 1.82) is 0 Å². The summed E-state index contributed by atoms with van der Waals surface area (Å²) in [5, 5.41) is 2.94. The third-order valence-corrected chi connectivity index (χ3v) is 5.50. The molecule has 2 N–H and O–H groups in total. The van der Waals surface area contributed by atoms with Crippen molar-refractivity contribution >= 4 is 57.0 Å². The zero-order valence-electron chi connectivity index (χ0n) is 17.7. The SMILES string of the molecule is COC(=O)c1ccccc1S(=O)(=O)[NH+]=C(Nc1nc(C)nc(OC)n1)N(OC)C(=O)C(Cl)Cl. The Bertz CT molecular complexity index is 1180. The fourth-order valence-corrected chi connectivity index (χ4v) is 3.74. The molecule has 0 radical (unpaired) electrons. The van der Waals surface area contributed by atoms with Crippen molar-refractivity contribution in [3.63, 3.8) is 0 Å². The monoisotopic (exact) mass is 521 g/mol. The molecule has 0 atom stereocenters. The number of nitrogens with one attached hydrogen (secondary N) is 2. The van der Waals surface area contributed by atoms with Gasteiger partial charge in [-0.25, -0.2) is 14.9 Å². The lowest BCUT2D eigenvalue weighted by Crippen LogP contribution is -2.81. The van der Waals surface area contributed by atoms with Gasteiger partial charge in [-0.2, -0.15) is 22.8 Å². The highest BCUT2D eigenvalue weighted by Crippen LogP contribution is 2.14. The van der Waals surface area contributed by atoms with Crippen LogP contribution in [-0.4, -0.2) is 72.4 Å². The van der Waals surface area contributed by atoms with Crippen molar-refractivity contribution in [1.82, 2.24) is 20.0 Å². The maximum absolute atomic E-state index is 13.2. The Balaban J connectivity index is 2.68. The molecule has 1 amide bonds. The molecule has 2 aromatic rings. The average Bonchev–Trinajstić information content (AvgIpc) is 2.78. The Hall–Kier alpha value is -3.07. The fraction of sp³-hybridized carbons (Fsp3) is 0.294. The Morgan fingerprint density at radius 3 is 2.36 bits per heavy atom. The molecule has 0 spiro atoms. The molecule has 178 valence electrons. The van der Waals surface area contributed by atoms with Crippen LogP contribution in [-0.2, 0) is 24.4 Å². The average molecular weight is 522 g/mol. The number of carbonyl (C=O) groups is 2. The molecule has 1 aromatic heterocycles. The molecule has 0 unspecified atom stereocenters. The second-order valence-corrected chi connectivity index (χ2v) is 8.62. The highest BCUT2D eigenvalue weighted by atomic mass is 35.5. The first-order valence-corrected chi connectivity index (χ1v) is 11.2. The van der Waals surface area contributed by atoms with E-state index in [4.69, 9.17) is 32.8 Å². The van der Waals surface area contributed by atoms with Crippen molar-refractivity contribution in [2.45, 2.75) is 16.7 Å². The number of benzene rings is 1. The van der Waals surface area contributed by atoms with E-state index in [0.717, 1.165) is 20.3 Å². The van der Waals surface area contributed by atoms with Crippen molar-refractivity contribution in [2.75, 3.05) is 26.6 Å². The van der Waals surface area contributed by atoms with E-state index in [9.17, 15) is 18.0 Å². The molecule has 2 rings (SSSR count). The van der Waals surface area contributed by atoms with Crippen molar-refractivity contribution in [2.24, 2.45) is 0 Å².